The van der Waals surface area contributed by atoms with Gasteiger partial charge in [-0.1, -0.05) is 0 Å². The van der Waals surface area contributed by atoms with Crippen LogP contribution in [0.2, 0.25) is 0 Å². The molecule has 0 aliphatic rings. The molecule has 1 amide bonds. The number of aryl methyl sites for hydroxylation is 1. The SMILES string of the molecule is CNCCNC(=O)c1ccc([N+](=O)[O-])cc1C. The number of rotatable bonds is 5. The number of hydrogen-bond donors (Lipinski definition) is 2. The van der Waals surface area contributed by atoms with E-state index in [9.17, 15) is 14.9 Å². The lowest BCUT2D eigenvalue weighted by Crippen LogP contribution is -2.30. The van der Waals surface area contributed by atoms with Crippen molar-refractivity contribution in [3.63, 3.8) is 0 Å². The van der Waals surface area contributed by atoms with Gasteiger partial charge in [-0.05, 0) is 25.6 Å². The molecule has 1 rings (SSSR count). The fourth-order valence-electron chi connectivity index (χ4n) is 1.41. The van der Waals surface area contributed by atoms with E-state index in [4.69, 9.17) is 0 Å². The number of amides is 1. The fourth-order valence-corrected chi connectivity index (χ4v) is 1.41. The summed E-state index contributed by atoms with van der Waals surface area (Å²) in [6, 6.07) is 4.20. The highest BCUT2D eigenvalue weighted by atomic mass is 16.6. The van der Waals surface area contributed by atoms with Crippen molar-refractivity contribution in [3.8, 4) is 0 Å². The number of likely N-dealkylation sites (N-methyl/N-ethyl adjacent to an activating group) is 1. The minimum absolute atomic E-state index is 0.00530. The molecule has 0 aliphatic carbocycles. The number of nitrogens with one attached hydrogen (secondary N) is 2. The summed E-state index contributed by atoms with van der Waals surface area (Å²) in [5.74, 6) is -0.215. The molecular formula is C11H15N3O3. The number of nitrogens with zero attached hydrogens (tertiary/aromatic N) is 1. The van der Waals surface area contributed by atoms with Crippen molar-refractivity contribution in [1.29, 1.82) is 0 Å². The second-order valence-corrected chi connectivity index (χ2v) is 3.62. The van der Waals surface area contributed by atoms with Crippen molar-refractivity contribution in [2.45, 2.75) is 6.92 Å². The molecule has 0 heterocycles. The van der Waals surface area contributed by atoms with Gasteiger partial charge in [0.1, 0.15) is 0 Å². The van der Waals surface area contributed by atoms with Gasteiger partial charge in [-0.25, -0.2) is 0 Å². The van der Waals surface area contributed by atoms with Crippen LogP contribution in [-0.2, 0) is 0 Å². The van der Waals surface area contributed by atoms with E-state index in [0.717, 1.165) is 0 Å². The first-order chi connectivity index (χ1) is 8.06. The highest BCUT2D eigenvalue weighted by Gasteiger charge is 2.12. The maximum absolute atomic E-state index is 11.7. The molecule has 6 heteroatoms. The number of carbonyl (C=O) groups is 1. The van der Waals surface area contributed by atoms with Gasteiger partial charge < -0.3 is 10.6 Å². The molecule has 2 N–H and O–H groups in total. The van der Waals surface area contributed by atoms with Gasteiger partial charge in [0.25, 0.3) is 11.6 Å². The molecule has 17 heavy (non-hydrogen) atoms. The number of nitro groups is 1. The van der Waals surface area contributed by atoms with Gasteiger partial charge in [-0.15, -0.1) is 0 Å². The minimum Gasteiger partial charge on any atom is -0.351 e. The maximum Gasteiger partial charge on any atom is 0.269 e. The monoisotopic (exact) mass is 237 g/mol. The van der Waals surface area contributed by atoms with Gasteiger partial charge in [0.15, 0.2) is 0 Å². The Morgan fingerprint density at radius 3 is 2.65 bits per heavy atom. The van der Waals surface area contributed by atoms with Crippen molar-refractivity contribution in [1.82, 2.24) is 10.6 Å². The van der Waals surface area contributed by atoms with E-state index in [0.29, 0.717) is 24.2 Å². The molecule has 0 aromatic heterocycles. The first kappa shape index (κ1) is 13.1. The van der Waals surface area contributed by atoms with Crippen LogP contribution in [0.1, 0.15) is 15.9 Å². The van der Waals surface area contributed by atoms with E-state index < -0.39 is 4.92 Å². The van der Waals surface area contributed by atoms with Crippen LogP contribution in [0.15, 0.2) is 18.2 Å². The summed E-state index contributed by atoms with van der Waals surface area (Å²) in [4.78, 5) is 21.8. The first-order valence-electron chi connectivity index (χ1n) is 5.24. The number of benzene rings is 1. The van der Waals surface area contributed by atoms with E-state index in [2.05, 4.69) is 10.6 Å². The molecular weight excluding hydrogens is 222 g/mol. The predicted octanol–water partition coefficient (Wildman–Crippen LogP) is 0.852. The molecule has 0 radical (unpaired) electrons. The summed E-state index contributed by atoms with van der Waals surface area (Å²) >= 11 is 0. The Balaban J connectivity index is 2.78. The van der Waals surface area contributed by atoms with Gasteiger partial charge >= 0.3 is 0 Å². The van der Waals surface area contributed by atoms with E-state index in [1.807, 2.05) is 0 Å². The topological polar surface area (TPSA) is 84.3 Å². The Bertz CT molecular complexity index is 432. The molecule has 1 aromatic rings. The largest absolute Gasteiger partial charge is 0.351 e. The van der Waals surface area contributed by atoms with Crippen molar-refractivity contribution in [2.24, 2.45) is 0 Å². The Morgan fingerprint density at radius 1 is 1.41 bits per heavy atom. The van der Waals surface area contributed by atoms with E-state index in [1.165, 1.54) is 18.2 Å². The van der Waals surface area contributed by atoms with Crippen LogP contribution in [-0.4, -0.2) is 31.0 Å². The van der Waals surface area contributed by atoms with Crippen LogP contribution in [0.4, 0.5) is 5.69 Å². The van der Waals surface area contributed by atoms with Crippen LogP contribution < -0.4 is 10.6 Å². The number of nitro benzene ring substituents is 1. The molecule has 1 aromatic carbocycles. The van der Waals surface area contributed by atoms with Crippen LogP contribution in [0.5, 0.6) is 0 Å². The van der Waals surface area contributed by atoms with Gasteiger partial charge in [0.2, 0.25) is 0 Å². The molecule has 0 saturated carbocycles. The third-order valence-corrected chi connectivity index (χ3v) is 2.33. The van der Waals surface area contributed by atoms with E-state index in [-0.39, 0.29) is 11.6 Å². The molecule has 0 bridgehead atoms. The third-order valence-electron chi connectivity index (χ3n) is 2.33. The molecule has 0 saturated heterocycles. The first-order valence-corrected chi connectivity index (χ1v) is 5.24. The summed E-state index contributed by atoms with van der Waals surface area (Å²) in [6.07, 6.45) is 0. The van der Waals surface area contributed by atoms with Crippen LogP contribution >= 0.6 is 0 Å². The molecule has 0 fully saturated rings. The summed E-state index contributed by atoms with van der Waals surface area (Å²) in [7, 11) is 1.79. The lowest BCUT2D eigenvalue weighted by atomic mass is 10.1. The summed E-state index contributed by atoms with van der Waals surface area (Å²) in [6.45, 7) is 2.88. The third kappa shape index (κ3) is 3.53. The molecule has 0 atom stereocenters. The molecule has 6 nitrogen and oxygen atoms in total. The summed E-state index contributed by atoms with van der Waals surface area (Å²) < 4.78 is 0. The average Bonchev–Trinajstić information content (AvgIpc) is 2.28. The van der Waals surface area contributed by atoms with Crippen molar-refractivity contribution in [2.75, 3.05) is 20.1 Å². The van der Waals surface area contributed by atoms with Gasteiger partial charge in [0, 0.05) is 30.8 Å². The van der Waals surface area contributed by atoms with Gasteiger partial charge in [0.05, 0.1) is 4.92 Å². The second kappa shape index (κ2) is 5.95. The highest BCUT2D eigenvalue weighted by Crippen LogP contribution is 2.16. The van der Waals surface area contributed by atoms with Crippen LogP contribution in [0.3, 0.4) is 0 Å². The molecule has 92 valence electrons. The van der Waals surface area contributed by atoms with E-state index in [1.54, 1.807) is 14.0 Å². The zero-order valence-corrected chi connectivity index (χ0v) is 9.82. The van der Waals surface area contributed by atoms with Crippen molar-refractivity contribution >= 4 is 11.6 Å². The number of non-ortho nitro benzene ring substituents is 1. The highest BCUT2D eigenvalue weighted by molar-refractivity contribution is 5.95. The number of carbonyl (C=O) groups excluding carboxylic acids is 1. The number of hydrogen-bond acceptors (Lipinski definition) is 4. The van der Waals surface area contributed by atoms with E-state index >= 15 is 0 Å². The lowest BCUT2D eigenvalue weighted by molar-refractivity contribution is -0.384. The Morgan fingerprint density at radius 2 is 2.12 bits per heavy atom. The van der Waals surface area contributed by atoms with Gasteiger partial charge in [-0.2, -0.15) is 0 Å². The average molecular weight is 237 g/mol. The maximum atomic E-state index is 11.7. The summed E-state index contributed by atoms with van der Waals surface area (Å²) in [5.41, 5.74) is 1.06. The molecule has 0 unspecified atom stereocenters. The molecule has 0 spiro atoms. The van der Waals surface area contributed by atoms with Crippen molar-refractivity contribution in [3.05, 3.63) is 39.4 Å². The minimum atomic E-state index is -0.477. The predicted molar refractivity (Wildman–Crippen MR) is 64.1 cm³/mol. The van der Waals surface area contributed by atoms with Crippen LogP contribution in [0.25, 0.3) is 0 Å². The molecule has 0 aliphatic heterocycles. The smallest absolute Gasteiger partial charge is 0.269 e. The zero-order chi connectivity index (χ0) is 12.8. The Kier molecular flexibility index (Phi) is 4.59. The zero-order valence-electron chi connectivity index (χ0n) is 9.82. The fraction of sp³-hybridized carbons (Fsp3) is 0.364. The Hall–Kier alpha value is -1.95. The van der Waals surface area contributed by atoms with Crippen LogP contribution in [0, 0.1) is 17.0 Å². The normalized spacial score (nSPS) is 10.0. The summed E-state index contributed by atoms with van der Waals surface area (Å²) in [5, 5.41) is 16.2. The van der Waals surface area contributed by atoms with Gasteiger partial charge in [-0.3, -0.25) is 14.9 Å². The standard InChI is InChI=1S/C11H15N3O3/c1-8-7-9(14(16)17)3-4-10(8)11(15)13-6-5-12-2/h3-4,7,12H,5-6H2,1-2H3,(H,13,15). The lowest BCUT2D eigenvalue weighted by Gasteiger charge is -2.07. The second-order valence-electron chi connectivity index (χ2n) is 3.62. The van der Waals surface area contributed by atoms with Crippen molar-refractivity contribution < 1.29 is 9.72 Å². The Labute approximate surface area is 99.2 Å². The quantitative estimate of drug-likeness (QED) is 0.452.